The highest BCUT2D eigenvalue weighted by Crippen LogP contribution is 2.05. The summed E-state index contributed by atoms with van der Waals surface area (Å²) in [5.74, 6) is 1.92. The first-order valence-corrected chi connectivity index (χ1v) is 3.88. The van der Waals surface area contributed by atoms with Gasteiger partial charge in [-0.3, -0.25) is 4.79 Å². The van der Waals surface area contributed by atoms with Crippen molar-refractivity contribution >= 4 is 21.9 Å². The van der Waals surface area contributed by atoms with Gasteiger partial charge in [0.25, 0.3) is 0 Å². The van der Waals surface area contributed by atoms with E-state index in [-0.39, 0.29) is 17.4 Å². The first-order chi connectivity index (χ1) is 4.72. The molecule has 56 valence electrons. The van der Waals surface area contributed by atoms with Gasteiger partial charge in [-0.25, -0.2) is 0 Å². The maximum atomic E-state index is 10.8. The highest BCUT2D eigenvalue weighted by molar-refractivity contribution is 9.10. The van der Waals surface area contributed by atoms with Crippen molar-refractivity contribution in [2.75, 3.05) is 6.61 Å². The van der Waals surface area contributed by atoms with E-state index in [4.69, 9.17) is 6.42 Å². The molecule has 3 heteroatoms. The van der Waals surface area contributed by atoms with Crippen LogP contribution in [0, 0.1) is 12.3 Å². The number of alkyl halides is 1. The predicted octanol–water partition coefficient (Wildman–Crippen LogP) is 1.34. The van der Waals surface area contributed by atoms with Crippen LogP contribution >= 0.6 is 15.9 Å². The van der Waals surface area contributed by atoms with Crippen molar-refractivity contribution in [3.8, 4) is 12.3 Å². The lowest BCUT2D eigenvalue weighted by atomic mass is 10.3. The Bertz CT molecular complexity index is 148. The highest BCUT2D eigenvalue weighted by Gasteiger charge is 2.12. The Kier molecular flexibility index (Phi) is 5.05. The minimum absolute atomic E-state index is 0.0565. The predicted molar refractivity (Wildman–Crippen MR) is 42.8 cm³/mol. The van der Waals surface area contributed by atoms with Crippen LogP contribution in [0.25, 0.3) is 0 Å². The van der Waals surface area contributed by atoms with Gasteiger partial charge >= 0.3 is 5.97 Å². The van der Waals surface area contributed by atoms with Gasteiger partial charge in [-0.05, 0) is 6.42 Å². The topological polar surface area (TPSA) is 26.3 Å². The van der Waals surface area contributed by atoms with E-state index >= 15 is 0 Å². The van der Waals surface area contributed by atoms with E-state index in [1.807, 2.05) is 6.92 Å². The van der Waals surface area contributed by atoms with Crippen LogP contribution in [0.1, 0.15) is 13.3 Å². The molecule has 0 fully saturated rings. The minimum Gasteiger partial charge on any atom is -0.452 e. The second-order valence-electron chi connectivity index (χ2n) is 1.69. The molecule has 0 aliphatic rings. The van der Waals surface area contributed by atoms with Gasteiger partial charge in [-0.2, -0.15) is 0 Å². The van der Waals surface area contributed by atoms with Crippen LogP contribution in [-0.2, 0) is 9.53 Å². The van der Waals surface area contributed by atoms with Crippen molar-refractivity contribution in [1.82, 2.24) is 0 Å². The van der Waals surface area contributed by atoms with Crippen LogP contribution < -0.4 is 0 Å². The Labute approximate surface area is 69.1 Å². The summed E-state index contributed by atoms with van der Waals surface area (Å²) in [6, 6.07) is 0. The third-order valence-electron chi connectivity index (χ3n) is 0.912. The van der Waals surface area contributed by atoms with Crippen LogP contribution in [0.2, 0.25) is 0 Å². The molecule has 0 N–H and O–H groups in total. The molecule has 0 bridgehead atoms. The van der Waals surface area contributed by atoms with Gasteiger partial charge in [0.1, 0.15) is 4.83 Å². The summed E-state index contributed by atoms with van der Waals surface area (Å²) >= 11 is 3.13. The summed E-state index contributed by atoms with van der Waals surface area (Å²) in [6.45, 7) is 1.94. The Balaban J connectivity index is 3.54. The van der Waals surface area contributed by atoms with E-state index in [9.17, 15) is 4.79 Å². The third-order valence-corrected chi connectivity index (χ3v) is 1.93. The van der Waals surface area contributed by atoms with Gasteiger partial charge in [-0.1, -0.05) is 28.8 Å². The molecule has 0 saturated carbocycles. The molecule has 0 rings (SSSR count). The van der Waals surface area contributed by atoms with Crippen molar-refractivity contribution in [2.24, 2.45) is 0 Å². The molecular weight excluding hydrogens is 196 g/mol. The fourth-order valence-electron chi connectivity index (χ4n) is 0.370. The lowest BCUT2D eigenvalue weighted by Gasteiger charge is -2.03. The number of hydrogen-bond donors (Lipinski definition) is 0. The molecule has 1 atom stereocenters. The molecule has 1 unspecified atom stereocenters. The summed E-state index contributed by atoms with van der Waals surface area (Å²) in [5, 5.41) is 0. The Morgan fingerprint density at radius 2 is 2.50 bits per heavy atom. The van der Waals surface area contributed by atoms with Crippen molar-refractivity contribution < 1.29 is 9.53 Å². The standard InChI is InChI=1S/C7H9BrO2/c1-3-5-10-7(9)6(8)4-2/h1,6H,4-5H2,2H3. The average molecular weight is 205 g/mol. The van der Waals surface area contributed by atoms with Gasteiger partial charge < -0.3 is 4.74 Å². The molecule has 0 heterocycles. The van der Waals surface area contributed by atoms with Gasteiger partial charge in [0.15, 0.2) is 6.61 Å². The largest absolute Gasteiger partial charge is 0.452 e. The number of carbonyl (C=O) groups is 1. The Morgan fingerprint density at radius 1 is 1.90 bits per heavy atom. The van der Waals surface area contributed by atoms with E-state index in [2.05, 4.69) is 26.6 Å². The van der Waals surface area contributed by atoms with Gasteiger partial charge in [0.2, 0.25) is 0 Å². The average Bonchev–Trinajstić information content (AvgIpc) is 1.98. The quantitative estimate of drug-likeness (QED) is 0.394. The van der Waals surface area contributed by atoms with E-state index in [1.165, 1.54) is 0 Å². The number of esters is 1. The summed E-state index contributed by atoms with van der Waals surface area (Å²) in [4.78, 5) is 10.5. The second-order valence-corrected chi connectivity index (χ2v) is 2.79. The minimum atomic E-state index is -0.291. The summed E-state index contributed by atoms with van der Waals surface area (Å²) in [5.41, 5.74) is 0. The van der Waals surface area contributed by atoms with Crippen LogP contribution in [0.15, 0.2) is 0 Å². The van der Waals surface area contributed by atoms with Gasteiger partial charge in [0.05, 0.1) is 0 Å². The number of terminal acetylenes is 1. The van der Waals surface area contributed by atoms with Crippen LogP contribution in [0.5, 0.6) is 0 Å². The zero-order valence-electron chi connectivity index (χ0n) is 5.76. The Morgan fingerprint density at radius 3 is 2.90 bits per heavy atom. The van der Waals surface area contributed by atoms with Gasteiger partial charge in [0, 0.05) is 0 Å². The zero-order valence-corrected chi connectivity index (χ0v) is 7.35. The summed E-state index contributed by atoms with van der Waals surface area (Å²) in [6.07, 6.45) is 5.59. The maximum absolute atomic E-state index is 10.8. The monoisotopic (exact) mass is 204 g/mol. The van der Waals surface area contributed by atoms with E-state index < -0.39 is 0 Å². The van der Waals surface area contributed by atoms with E-state index in [0.29, 0.717) is 6.42 Å². The van der Waals surface area contributed by atoms with Crippen molar-refractivity contribution in [3.63, 3.8) is 0 Å². The fraction of sp³-hybridized carbons (Fsp3) is 0.571. The smallest absolute Gasteiger partial charge is 0.320 e. The number of halogens is 1. The molecule has 0 saturated heterocycles. The molecule has 0 spiro atoms. The lowest BCUT2D eigenvalue weighted by molar-refractivity contribution is -0.141. The molecule has 0 radical (unpaired) electrons. The molecule has 0 aromatic rings. The number of carbonyl (C=O) groups excluding carboxylic acids is 1. The van der Waals surface area contributed by atoms with E-state index in [0.717, 1.165) is 0 Å². The first-order valence-electron chi connectivity index (χ1n) is 2.96. The van der Waals surface area contributed by atoms with Crippen molar-refractivity contribution in [1.29, 1.82) is 0 Å². The molecule has 10 heavy (non-hydrogen) atoms. The number of ether oxygens (including phenoxy) is 1. The van der Waals surface area contributed by atoms with Crippen molar-refractivity contribution in [3.05, 3.63) is 0 Å². The molecule has 0 aliphatic carbocycles. The highest BCUT2D eigenvalue weighted by atomic mass is 79.9. The van der Waals surface area contributed by atoms with Crippen LogP contribution in [0.4, 0.5) is 0 Å². The molecule has 0 aromatic heterocycles. The lowest BCUT2D eigenvalue weighted by Crippen LogP contribution is -2.16. The van der Waals surface area contributed by atoms with Gasteiger partial charge in [-0.15, -0.1) is 6.42 Å². The normalized spacial score (nSPS) is 11.7. The summed E-state index contributed by atoms with van der Waals surface area (Å²) in [7, 11) is 0. The molecular formula is C7H9BrO2. The van der Waals surface area contributed by atoms with Crippen molar-refractivity contribution in [2.45, 2.75) is 18.2 Å². The van der Waals surface area contributed by atoms with Crippen LogP contribution in [0.3, 0.4) is 0 Å². The molecule has 0 aromatic carbocycles. The number of rotatable bonds is 3. The second kappa shape index (κ2) is 5.31. The third kappa shape index (κ3) is 3.52. The molecule has 0 amide bonds. The SMILES string of the molecule is C#CCOC(=O)C(Br)CC. The van der Waals surface area contributed by atoms with Crippen LogP contribution in [-0.4, -0.2) is 17.4 Å². The zero-order chi connectivity index (χ0) is 7.98. The number of hydrogen-bond acceptors (Lipinski definition) is 2. The van der Waals surface area contributed by atoms with E-state index in [1.54, 1.807) is 0 Å². The fourth-order valence-corrected chi connectivity index (χ4v) is 0.502. The molecule has 2 nitrogen and oxygen atoms in total. The first kappa shape index (κ1) is 9.51. The Hall–Kier alpha value is -0.490. The maximum Gasteiger partial charge on any atom is 0.320 e. The molecule has 0 aliphatic heterocycles. The summed E-state index contributed by atoms with van der Waals surface area (Å²) < 4.78 is 4.62.